The lowest BCUT2D eigenvalue weighted by atomic mass is 9.87. The van der Waals surface area contributed by atoms with E-state index in [1.807, 2.05) is 0 Å². The normalized spacial score (nSPS) is 32.7. The lowest BCUT2D eigenvalue weighted by Crippen LogP contribution is -2.26. The molecule has 0 aromatic rings. The van der Waals surface area contributed by atoms with Crippen LogP contribution in [0.25, 0.3) is 0 Å². The van der Waals surface area contributed by atoms with E-state index in [0.717, 1.165) is 12.0 Å². The Morgan fingerprint density at radius 1 is 1.36 bits per heavy atom. The standard InChI is InChI=1S/C10H21N/c1-8-5-9(11-7-8)6-10(2,3)4/h8-9,11H,5-7H2,1-4H3/t8?,9-/m0/s1. The van der Waals surface area contributed by atoms with E-state index >= 15 is 0 Å². The fraction of sp³-hybridized carbons (Fsp3) is 1.00. The first-order valence-electron chi connectivity index (χ1n) is 4.71. The van der Waals surface area contributed by atoms with Crippen molar-refractivity contribution < 1.29 is 0 Å². The van der Waals surface area contributed by atoms with E-state index in [9.17, 15) is 0 Å². The number of hydrogen-bond donors (Lipinski definition) is 1. The van der Waals surface area contributed by atoms with Gasteiger partial charge in [-0.1, -0.05) is 27.7 Å². The second kappa shape index (κ2) is 3.14. The monoisotopic (exact) mass is 155 g/mol. The lowest BCUT2D eigenvalue weighted by molar-refractivity contribution is 0.323. The Balaban J connectivity index is 2.29. The molecule has 0 spiro atoms. The summed E-state index contributed by atoms with van der Waals surface area (Å²) in [5.41, 5.74) is 0.488. The molecule has 2 atom stereocenters. The minimum Gasteiger partial charge on any atom is -0.314 e. The Morgan fingerprint density at radius 2 is 2.00 bits per heavy atom. The van der Waals surface area contributed by atoms with Crippen LogP contribution in [0.4, 0.5) is 0 Å². The summed E-state index contributed by atoms with van der Waals surface area (Å²) in [4.78, 5) is 0. The van der Waals surface area contributed by atoms with Crippen molar-refractivity contribution in [1.82, 2.24) is 5.32 Å². The van der Waals surface area contributed by atoms with Crippen molar-refractivity contribution in [3.05, 3.63) is 0 Å². The molecule has 1 N–H and O–H groups in total. The average Bonchev–Trinajstić information content (AvgIpc) is 2.10. The minimum absolute atomic E-state index is 0.488. The Kier molecular flexibility index (Phi) is 2.58. The molecule has 0 aromatic heterocycles. The average molecular weight is 155 g/mol. The highest BCUT2D eigenvalue weighted by Crippen LogP contribution is 2.26. The maximum Gasteiger partial charge on any atom is 0.00751 e. The summed E-state index contributed by atoms with van der Waals surface area (Å²) in [6.45, 7) is 10.5. The van der Waals surface area contributed by atoms with Crippen molar-refractivity contribution in [2.24, 2.45) is 11.3 Å². The predicted molar refractivity (Wildman–Crippen MR) is 49.6 cm³/mol. The van der Waals surface area contributed by atoms with E-state index in [-0.39, 0.29) is 0 Å². The molecule has 0 saturated carbocycles. The van der Waals surface area contributed by atoms with Crippen LogP contribution in [0, 0.1) is 11.3 Å². The van der Waals surface area contributed by atoms with Gasteiger partial charge in [0.25, 0.3) is 0 Å². The molecule has 1 saturated heterocycles. The van der Waals surface area contributed by atoms with Gasteiger partial charge in [-0.05, 0) is 30.7 Å². The van der Waals surface area contributed by atoms with Crippen LogP contribution in [-0.2, 0) is 0 Å². The van der Waals surface area contributed by atoms with Gasteiger partial charge in [-0.2, -0.15) is 0 Å². The van der Waals surface area contributed by atoms with Crippen molar-refractivity contribution in [3.63, 3.8) is 0 Å². The molecule has 0 amide bonds. The van der Waals surface area contributed by atoms with Gasteiger partial charge in [-0.15, -0.1) is 0 Å². The molecule has 1 aliphatic rings. The molecule has 0 aromatic carbocycles. The van der Waals surface area contributed by atoms with E-state index in [2.05, 4.69) is 33.0 Å². The molecule has 0 radical (unpaired) electrons. The maximum absolute atomic E-state index is 3.56. The summed E-state index contributed by atoms with van der Waals surface area (Å²) in [6.07, 6.45) is 2.69. The summed E-state index contributed by atoms with van der Waals surface area (Å²) in [5, 5.41) is 3.56. The largest absolute Gasteiger partial charge is 0.314 e. The van der Waals surface area contributed by atoms with Crippen LogP contribution in [0.1, 0.15) is 40.5 Å². The van der Waals surface area contributed by atoms with Crippen LogP contribution in [0.15, 0.2) is 0 Å². The van der Waals surface area contributed by atoms with Gasteiger partial charge in [0.05, 0.1) is 0 Å². The van der Waals surface area contributed by atoms with Crippen molar-refractivity contribution in [2.75, 3.05) is 6.54 Å². The molecule has 1 nitrogen and oxygen atoms in total. The molecule has 1 unspecified atom stereocenters. The highest BCUT2D eigenvalue weighted by atomic mass is 14.9. The molecular weight excluding hydrogens is 134 g/mol. The molecule has 0 bridgehead atoms. The third-order valence-corrected chi connectivity index (χ3v) is 2.30. The molecule has 1 fully saturated rings. The first-order valence-corrected chi connectivity index (χ1v) is 4.71. The maximum atomic E-state index is 3.56. The Hall–Kier alpha value is -0.0400. The zero-order valence-corrected chi connectivity index (χ0v) is 8.28. The Labute approximate surface area is 70.6 Å². The van der Waals surface area contributed by atoms with E-state index in [1.54, 1.807) is 0 Å². The fourth-order valence-electron chi connectivity index (χ4n) is 1.91. The van der Waals surface area contributed by atoms with Gasteiger partial charge >= 0.3 is 0 Å². The number of hydrogen-bond acceptors (Lipinski definition) is 1. The van der Waals surface area contributed by atoms with E-state index in [0.29, 0.717) is 5.41 Å². The summed E-state index contributed by atoms with van der Waals surface area (Å²) < 4.78 is 0. The molecular formula is C10H21N. The van der Waals surface area contributed by atoms with Gasteiger partial charge in [0.2, 0.25) is 0 Å². The quantitative estimate of drug-likeness (QED) is 0.613. The van der Waals surface area contributed by atoms with Gasteiger partial charge in [0.1, 0.15) is 0 Å². The molecule has 1 aliphatic heterocycles. The van der Waals surface area contributed by atoms with Crippen molar-refractivity contribution in [2.45, 2.75) is 46.6 Å². The highest BCUT2D eigenvalue weighted by Gasteiger charge is 2.24. The summed E-state index contributed by atoms with van der Waals surface area (Å²) >= 11 is 0. The van der Waals surface area contributed by atoms with Crippen LogP contribution >= 0.6 is 0 Å². The topological polar surface area (TPSA) is 12.0 Å². The van der Waals surface area contributed by atoms with Crippen LogP contribution in [-0.4, -0.2) is 12.6 Å². The van der Waals surface area contributed by atoms with Crippen molar-refractivity contribution in [1.29, 1.82) is 0 Å². The van der Waals surface area contributed by atoms with Gasteiger partial charge in [0.15, 0.2) is 0 Å². The van der Waals surface area contributed by atoms with E-state index in [4.69, 9.17) is 0 Å². The molecule has 11 heavy (non-hydrogen) atoms. The first kappa shape index (κ1) is 9.05. The van der Waals surface area contributed by atoms with Gasteiger partial charge in [-0.3, -0.25) is 0 Å². The smallest absolute Gasteiger partial charge is 0.00751 e. The van der Waals surface area contributed by atoms with Crippen molar-refractivity contribution in [3.8, 4) is 0 Å². The van der Waals surface area contributed by atoms with Crippen molar-refractivity contribution >= 4 is 0 Å². The zero-order chi connectivity index (χ0) is 8.48. The van der Waals surface area contributed by atoms with Crippen LogP contribution in [0.5, 0.6) is 0 Å². The lowest BCUT2D eigenvalue weighted by Gasteiger charge is -2.22. The van der Waals surface area contributed by atoms with Crippen LogP contribution < -0.4 is 5.32 Å². The van der Waals surface area contributed by atoms with Crippen LogP contribution in [0.3, 0.4) is 0 Å². The number of nitrogens with one attached hydrogen (secondary N) is 1. The first-order chi connectivity index (χ1) is 4.97. The van der Waals surface area contributed by atoms with E-state index in [1.165, 1.54) is 19.4 Å². The number of rotatable bonds is 1. The predicted octanol–water partition coefficient (Wildman–Crippen LogP) is 2.42. The summed E-state index contributed by atoms with van der Waals surface area (Å²) in [6, 6.07) is 0.782. The van der Waals surface area contributed by atoms with Crippen LogP contribution in [0.2, 0.25) is 0 Å². The van der Waals surface area contributed by atoms with Gasteiger partial charge < -0.3 is 5.32 Å². The molecule has 1 heteroatoms. The summed E-state index contributed by atoms with van der Waals surface area (Å²) in [5.74, 6) is 0.891. The Bertz CT molecular complexity index is 123. The second-order valence-electron chi connectivity index (χ2n) is 5.21. The fourth-order valence-corrected chi connectivity index (χ4v) is 1.91. The zero-order valence-electron chi connectivity index (χ0n) is 8.28. The van der Waals surface area contributed by atoms with E-state index < -0.39 is 0 Å². The summed E-state index contributed by atoms with van der Waals surface area (Å²) in [7, 11) is 0. The minimum atomic E-state index is 0.488. The molecule has 66 valence electrons. The highest BCUT2D eigenvalue weighted by molar-refractivity contribution is 4.82. The Morgan fingerprint density at radius 3 is 2.36 bits per heavy atom. The SMILES string of the molecule is CC1CN[C@H](CC(C)(C)C)C1. The third-order valence-electron chi connectivity index (χ3n) is 2.30. The third kappa shape index (κ3) is 3.24. The van der Waals surface area contributed by atoms with Gasteiger partial charge in [0, 0.05) is 6.04 Å². The second-order valence-corrected chi connectivity index (χ2v) is 5.21. The molecule has 0 aliphatic carbocycles. The molecule has 1 rings (SSSR count). The molecule has 1 heterocycles. The van der Waals surface area contributed by atoms with Gasteiger partial charge in [-0.25, -0.2) is 0 Å².